The summed E-state index contributed by atoms with van der Waals surface area (Å²) in [6, 6.07) is 13.2. The number of aliphatic imine (C=N–C) groups is 1. The van der Waals surface area contributed by atoms with E-state index in [-0.39, 0.29) is 5.82 Å². The van der Waals surface area contributed by atoms with Crippen LogP contribution >= 0.6 is 0 Å². The van der Waals surface area contributed by atoms with E-state index in [1.165, 1.54) is 11.6 Å². The lowest BCUT2D eigenvalue weighted by Gasteiger charge is -2.13. The zero-order chi connectivity index (χ0) is 22.2. The lowest BCUT2D eigenvalue weighted by atomic mass is 10.1. The van der Waals surface area contributed by atoms with Crippen molar-refractivity contribution in [1.82, 2.24) is 25.4 Å². The number of halogens is 1. The van der Waals surface area contributed by atoms with E-state index in [1.807, 2.05) is 48.9 Å². The molecule has 1 heterocycles. The fourth-order valence-electron chi connectivity index (χ4n) is 2.96. The molecule has 8 heteroatoms. The van der Waals surface area contributed by atoms with Gasteiger partial charge in [0.1, 0.15) is 17.4 Å². The van der Waals surface area contributed by atoms with E-state index < -0.39 is 0 Å². The maximum Gasteiger partial charge on any atom is 0.191 e. The molecule has 2 N–H and O–H groups in total. The minimum atomic E-state index is -0.218. The van der Waals surface area contributed by atoms with Gasteiger partial charge in [-0.1, -0.05) is 24.3 Å². The monoisotopic (exact) mass is 424 g/mol. The second-order valence-electron chi connectivity index (χ2n) is 7.35. The van der Waals surface area contributed by atoms with Crippen molar-refractivity contribution >= 4 is 5.96 Å². The predicted octanol–water partition coefficient (Wildman–Crippen LogP) is 3.06. The van der Waals surface area contributed by atoms with Crippen LogP contribution in [0.15, 0.2) is 47.5 Å². The van der Waals surface area contributed by atoms with Gasteiger partial charge in [0.15, 0.2) is 11.8 Å². The summed E-state index contributed by atoms with van der Waals surface area (Å²) < 4.78 is 21.0. The highest BCUT2D eigenvalue weighted by Gasteiger charge is 2.07. The molecule has 1 aromatic heterocycles. The molecule has 2 aromatic carbocycles. The Morgan fingerprint density at radius 2 is 1.81 bits per heavy atom. The van der Waals surface area contributed by atoms with Gasteiger partial charge in [0.2, 0.25) is 0 Å². The van der Waals surface area contributed by atoms with Crippen molar-refractivity contribution in [3.63, 3.8) is 0 Å². The van der Waals surface area contributed by atoms with Crippen LogP contribution in [0.2, 0.25) is 0 Å². The maximum absolute atomic E-state index is 13.9. The third-order valence-corrected chi connectivity index (χ3v) is 5.12. The second kappa shape index (κ2) is 10.6. The van der Waals surface area contributed by atoms with Crippen LogP contribution in [0.3, 0.4) is 0 Å². The molecule has 3 aromatic rings. The molecular weight excluding hydrogens is 395 g/mol. The first-order valence-electron chi connectivity index (χ1n) is 10.2. The molecule has 31 heavy (non-hydrogen) atoms. The number of aryl methyl sites for hydroxylation is 2. The van der Waals surface area contributed by atoms with Crippen LogP contribution in [-0.2, 0) is 26.6 Å². The van der Waals surface area contributed by atoms with Crippen molar-refractivity contribution in [2.75, 3.05) is 13.7 Å². The molecule has 0 saturated heterocycles. The molecule has 0 fully saturated rings. The number of aromatic nitrogens is 3. The van der Waals surface area contributed by atoms with Crippen LogP contribution in [0.5, 0.6) is 5.75 Å². The molecule has 0 aliphatic rings. The molecule has 0 bridgehead atoms. The predicted molar refractivity (Wildman–Crippen MR) is 120 cm³/mol. The van der Waals surface area contributed by atoms with Gasteiger partial charge in [-0.3, -0.25) is 0 Å². The summed E-state index contributed by atoms with van der Waals surface area (Å²) in [7, 11) is 3.58. The zero-order valence-corrected chi connectivity index (χ0v) is 18.4. The molecule has 0 atom stereocenters. The summed E-state index contributed by atoms with van der Waals surface area (Å²) in [6.07, 6.45) is 0.826. The highest BCUT2D eigenvalue weighted by molar-refractivity contribution is 5.79. The molecule has 0 unspecified atom stereocenters. The van der Waals surface area contributed by atoms with Gasteiger partial charge in [-0.05, 0) is 55.2 Å². The number of ether oxygens (including phenoxy) is 1. The van der Waals surface area contributed by atoms with Crippen molar-refractivity contribution < 1.29 is 9.13 Å². The van der Waals surface area contributed by atoms with Gasteiger partial charge in [-0.2, -0.15) is 0 Å². The van der Waals surface area contributed by atoms with Crippen LogP contribution in [0.25, 0.3) is 0 Å². The summed E-state index contributed by atoms with van der Waals surface area (Å²) >= 11 is 0. The third-order valence-electron chi connectivity index (χ3n) is 5.12. The van der Waals surface area contributed by atoms with Crippen molar-refractivity contribution in [3.8, 4) is 5.75 Å². The Hall–Kier alpha value is -3.42. The quantitative estimate of drug-likeness (QED) is 0.429. The number of benzene rings is 2. The number of nitrogens with zero attached hydrogens (tertiary/aromatic N) is 4. The average molecular weight is 425 g/mol. The number of guanidine groups is 1. The Morgan fingerprint density at radius 3 is 2.45 bits per heavy atom. The lowest BCUT2D eigenvalue weighted by molar-refractivity contribution is 0.414. The van der Waals surface area contributed by atoms with Crippen molar-refractivity contribution in [1.29, 1.82) is 0 Å². The first-order valence-corrected chi connectivity index (χ1v) is 10.2. The topological polar surface area (TPSA) is 76.4 Å². The SMILES string of the molecule is COc1ccc(CCNC(=NCc2ccc(C)c(F)c2)NCc2nnc(C)n2C)cc1. The molecule has 0 aliphatic heterocycles. The molecule has 0 amide bonds. The third kappa shape index (κ3) is 6.28. The van der Waals surface area contributed by atoms with Crippen LogP contribution in [-0.4, -0.2) is 34.4 Å². The molecule has 0 spiro atoms. The van der Waals surface area contributed by atoms with E-state index >= 15 is 0 Å². The van der Waals surface area contributed by atoms with Crippen LogP contribution in [0.1, 0.15) is 28.3 Å². The van der Waals surface area contributed by atoms with Crippen molar-refractivity contribution in [2.24, 2.45) is 12.0 Å². The van der Waals surface area contributed by atoms with Gasteiger partial charge < -0.3 is 19.9 Å². The Balaban J connectivity index is 1.64. The van der Waals surface area contributed by atoms with E-state index in [0.29, 0.717) is 31.2 Å². The second-order valence-corrected chi connectivity index (χ2v) is 7.35. The summed E-state index contributed by atoms with van der Waals surface area (Å²) in [5.74, 6) is 2.91. The number of rotatable bonds is 8. The van der Waals surface area contributed by atoms with Gasteiger partial charge in [-0.25, -0.2) is 9.38 Å². The summed E-state index contributed by atoms with van der Waals surface area (Å²) in [5, 5.41) is 14.9. The number of hydrogen-bond donors (Lipinski definition) is 2. The van der Waals surface area contributed by atoms with E-state index in [9.17, 15) is 4.39 Å². The highest BCUT2D eigenvalue weighted by atomic mass is 19.1. The smallest absolute Gasteiger partial charge is 0.191 e. The Labute approximate surface area is 182 Å². The van der Waals surface area contributed by atoms with Gasteiger partial charge in [-0.15, -0.1) is 10.2 Å². The van der Waals surface area contributed by atoms with Gasteiger partial charge in [0, 0.05) is 13.6 Å². The maximum atomic E-state index is 13.9. The Kier molecular flexibility index (Phi) is 7.59. The average Bonchev–Trinajstić information content (AvgIpc) is 3.10. The number of hydrogen-bond acceptors (Lipinski definition) is 4. The molecule has 164 valence electrons. The minimum absolute atomic E-state index is 0.218. The fourth-order valence-corrected chi connectivity index (χ4v) is 2.96. The van der Waals surface area contributed by atoms with Crippen molar-refractivity contribution in [2.45, 2.75) is 33.4 Å². The van der Waals surface area contributed by atoms with E-state index in [1.54, 1.807) is 20.1 Å². The summed E-state index contributed by atoms with van der Waals surface area (Å²) in [5.41, 5.74) is 2.63. The number of nitrogens with one attached hydrogen (secondary N) is 2. The summed E-state index contributed by atoms with van der Waals surface area (Å²) in [6.45, 7) is 5.20. The first-order chi connectivity index (χ1) is 15.0. The standard InChI is InChI=1S/C23H29FN6O/c1-16-5-6-19(13-21(16)24)14-26-23(27-15-22-29-28-17(2)30(22)3)25-12-11-18-7-9-20(31-4)10-8-18/h5-10,13H,11-12,14-15H2,1-4H3,(H2,25,26,27). The largest absolute Gasteiger partial charge is 0.497 e. The van der Waals surface area contributed by atoms with E-state index in [0.717, 1.165) is 29.4 Å². The Morgan fingerprint density at radius 1 is 1.06 bits per heavy atom. The molecule has 7 nitrogen and oxygen atoms in total. The fraction of sp³-hybridized carbons (Fsp3) is 0.348. The van der Waals surface area contributed by atoms with E-state index in [2.05, 4.69) is 25.8 Å². The van der Waals surface area contributed by atoms with Crippen LogP contribution < -0.4 is 15.4 Å². The van der Waals surface area contributed by atoms with Gasteiger partial charge >= 0.3 is 0 Å². The molecule has 0 aliphatic carbocycles. The molecular formula is C23H29FN6O. The lowest BCUT2D eigenvalue weighted by Crippen LogP contribution is -2.38. The molecule has 3 rings (SSSR count). The van der Waals surface area contributed by atoms with Gasteiger partial charge in [0.25, 0.3) is 0 Å². The van der Waals surface area contributed by atoms with Crippen LogP contribution in [0.4, 0.5) is 4.39 Å². The summed E-state index contributed by atoms with van der Waals surface area (Å²) in [4.78, 5) is 4.63. The first kappa shape index (κ1) is 22.3. The van der Waals surface area contributed by atoms with Gasteiger partial charge in [0.05, 0.1) is 20.2 Å². The minimum Gasteiger partial charge on any atom is -0.497 e. The highest BCUT2D eigenvalue weighted by Crippen LogP contribution is 2.12. The van der Waals surface area contributed by atoms with E-state index in [4.69, 9.17) is 4.74 Å². The number of methoxy groups -OCH3 is 1. The normalized spacial score (nSPS) is 11.5. The molecule has 0 radical (unpaired) electrons. The zero-order valence-electron chi connectivity index (χ0n) is 18.4. The van der Waals surface area contributed by atoms with Crippen molar-refractivity contribution in [3.05, 3.63) is 76.6 Å². The van der Waals surface area contributed by atoms with Crippen LogP contribution in [0, 0.1) is 19.7 Å². The Bertz CT molecular complexity index is 1030. The molecule has 0 saturated carbocycles.